The summed E-state index contributed by atoms with van der Waals surface area (Å²) in [4.78, 5) is 0. The largest absolute Gasteiger partial charge is 0.435 e. The maximum atomic E-state index is 11.8. The maximum absolute atomic E-state index is 11.8. The molecule has 0 radical (unpaired) electrons. The van der Waals surface area contributed by atoms with Crippen LogP contribution in [-0.4, -0.2) is 6.61 Å². The maximum Gasteiger partial charge on any atom is 0.387 e. The fourth-order valence-electron chi connectivity index (χ4n) is 0.797. The van der Waals surface area contributed by atoms with Gasteiger partial charge in [0, 0.05) is 4.47 Å². The minimum absolute atomic E-state index is 0.208. The van der Waals surface area contributed by atoms with E-state index in [1.807, 2.05) is 0 Å². The van der Waals surface area contributed by atoms with E-state index < -0.39 is 6.61 Å². The average Bonchev–Trinajstić information content (AvgIpc) is 1.96. The number of ether oxygens (including phenoxy) is 1. The molecule has 0 aliphatic carbocycles. The van der Waals surface area contributed by atoms with Gasteiger partial charge >= 0.3 is 6.61 Å². The van der Waals surface area contributed by atoms with Gasteiger partial charge < -0.3 is 4.74 Å². The van der Waals surface area contributed by atoms with E-state index in [-0.39, 0.29) is 5.75 Å². The van der Waals surface area contributed by atoms with Crippen LogP contribution >= 0.6 is 15.9 Å². The van der Waals surface area contributed by atoms with Crippen molar-refractivity contribution in [3.05, 3.63) is 28.2 Å². The van der Waals surface area contributed by atoms with Crippen molar-refractivity contribution in [2.24, 2.45) is 0 Å². The Balaban J connectivity index is 2.90. The first kappa shape index (κ1) is 9.45. The number of halogens is 3. The molecule has 66 valence electrons. The molecule has 0 unspecified atom stereocenters. The van der Waals surface area contributed by atoms with Gasteiger partial charge in [-0.15, -0.1) is 0 Å². The molecule has 0 saturated heterocycles. The molecule has 4 heteroatoms. The molecule has 0 atom stereocenters. The standard InChI is InChI=1S/C8H7BrF2O/c1-5-2-3-6(9)4-7(5)12-8(10)11/h2-4,8H,1H3. The second-order valence-electron chi connectivity index (χ2n) is 2.29. The van der Waals surface area contributed by atoms with E-state index in [9.17, 15) is 8.78 Å². The summed E-state index contributed by atoms with van der Waals surface area (Å²) in [5.41, 5.74) is 0.693. The Morgan fingerprint density at radius 2 is 2.08 bits per heavy atom. The van der Waals surface area contributed by atoms with E-state index in [0.717, 1.165) is 4.47 Å². The lowest BCUT2D eigenvalue weighted by atomic mass is 10.2. The number of hydrogen-bond donors (Lipinski definition) is 0. The molecule has 1 nitrogen and oxygen atoms in total. The number of aryl methyl sites for hydroxylation is 1. The number of alkyl halides is 2. The van der Waals surface area contributed by atoms with Gasteiger partial charge in [-0.1, -0.05) is 22.0 Å². The molecule has 0 aromatic heterocycles. The van der Waals surface area contributed by atoms with Crippen molar-refractivity contribution >= 4 is 15.9 Å². The van der Waals surface area contributed by atoms with Gasteiger partial charge in [0.15, 0.2) is 0 Å². The van der Waals surface area contributed by atoms with Crippen LogP contribution in [0.25, 0.3) is 0 Å². The highest BCUT2D eigenvalue weighted by molar-refractivity contribution is 9.10. The fourth-order valence-corrected chi connectivity index (χ4v) is 1.14. The fraction of sp³-hybridized carbons (Fsp3) is 0.250. The zero-order valence-corrected chi connectivity index (χ0v) is 7.94. The third kappa shape index (κ3) is 2.44. The molecule has 1 rings (SSSR count). The van der Waals surface area contributed by atoms with Gasteiger partial charge in [0.1, 0.15) is 5.75 Å². The summed E-state index contributed by atoms with van der Waals surface area (Å²) in [6, 6.07) is 5.00. The second-order valence-corrected chi connectivity index (χ2v) is 3.20. The molecular formula is C8H7BrF2O. The van der Waals surface area contributed by atoms with Gasteiger partial charge in [-0.2, -0.15) is 8.78 Å². The lowest BCUT2D eigenvalue weighted by Crippen LogP contribution is -2.02. The van der Waals surface area contributed by atoms with Gasteiger partial charge in [-0.25, -0.2) is 0 Å². The molecular weight excluding hydrogens is 230 g/mol. The lowest BCUT2D eigenvalue weighted by molar-refractivity contribution is -0.0503. The van der Waals surface area contributed by atoms with Gasteiger partial charge in [-0.3, -0.25) is 0 Å². The van der Waals surface area contributed by atoms with E-state index in [1.165, 1.54) is 6.07 Å². The van der Waals surface area contributed by atoms with Crippen molar-refractivity contribution in [1.29, 1.82) is 0 Å². The lowest BCUT2D eigenvalue weighted by Gasteiger charge is -2.07. The minimum atomic E-state index is -2.77. The average molecular weight is 237 g/mol. The highest BCUT2D eigenvalue weighted by atomic mass is 79.9. The van der Waals surface area contributed by atoms with Crippen LogP contribution in [0.5, 0.6) is 5.75 Å². The predicted octanol–water partition coefficient (Wildman–Crippen LogP) is 3.36. The smallest absolute Gasteiger partial charge is 0.387 e. The SMILES string of the molecule is Cc1ccc(Br)cc1OC(F)F. The van der Waals surface area contributed by atoms with E-state index in [0.29, 0.717) is 5.56 Å². The number of benzene rings is 1. The highest BCUT2D eigenvalue weighted by Crippen LogP contribution is 2.24. The van der Waals surface area contributed by atoms with E-state index in [2.05, 4.69) is 20.7 Å². The Kier molecular flexibility index (Phi) is 3.03. The zero-order valence-electron chi connectivity index (χ0n) is 6.35. The summed E-state index contributed by atoms with van der Waals surface area (Å²) < 4.78 is 28.6. The monoisotopic (exact) mass is 236 g/mol. The first-order valence-corrected chi connectivity index (χ1v) is 4.10. The van der Waals surface area contributed by atoms with Crippen molar-refractivity contribution in [3.8, 4) is 5.75 Å². The molecule has 0 aliphatic heterocycles. The molecule has 12 heavy (non-hydrogen) atoms. The Morgan fingerprint density at radius 1 is 1.42 bits per heavy atom. The number of rotatable bonds is 2. The van der Waals surface area contributed by atoms with Gasteiger partial charge in [0.25, 0.3) is 0 Å². The minimum Gasteiger partial charge on any atom is -0.435 e. The van der Waals surface area contributed by atoms with Crippen LogP contribution < -0.4 is 4.74 Å². The van der Waals surface area contributed by atoms with Gasteiger partial charge in [-0.05, 0) is 24.6 Å². The molecule has 1 aromatic carbocycles. The van der Waals surface area contributed by atoms with Crippen molar-refractivity contribution in [1.82, 2.24) is 0 Å². The first-order chi connectivity index (χ1) is 5.59. The molecule has 0 amide bonds. The van der Waals surface area contributed by atoms with Crippen molar-refractivity contribution in [2.45, 2.75) is 13.5 Å². The quantitative estimate of drug-likeness (QED) is 0.766. The summed E-state index contributed by atoms with van der Waals surface area (Å²) in [5.74, 6) is 0.208. The summed E-state index contributed by atoms with van der Waals surface area (Å²) in [6.45, 7) is -1.05. The molecule has 0 heterocycles. The van der Waals surface area contributed by atoms with Crippen molar-refractivity contribution in [3.63, 3.8) is 0 Å². The second kappa shape index (κ2) is 3.85. The van der Waals surface area contributed by atoms with Crippen molar-refractivity contribution < 1.29 is 13.5 Å². The summed E-state index contributed by atoms with van der Waals surface area (Å²) >= 11 is 3.16. The molecule has 1 aromatic rings. The van der Waals surface area contributed by atoms with Crippen LogP contribution in [0.4, 0.5) is 8.78 Å². The van der Waals surface area contributed by atoms with Gasteiger partial charge in [0.2, 0.25) is 0 Å². The normalized spacial score (nSPS) is 10.4. The predicted molar refractivity (Wildman–Crippen MR) is 45.5 cm³/mol. The summed E-state index contributed by atoms with van der Waals surface area (Å²) in [7, 11) is 0. The van der Waals surface area contributed by atoms with Crippen LogP contribution in [0.3, 0.4) is 0 Å². The molecule has 0 N–H and O–H groups in total. The van der Waals surface area contributed by atoms with E-state index in [1.54, 1.807) is 19.1 Å². The summed E-state index contributed by atoms with van der Waals surface area (Å²) in [6.07, 6.45) is 0. The topological polar surface area (TPSA) is 9.23 Å². The molecule has 0 aliphatic rings. The van der Waals surface area contributed by atoms with Gasteiger partial charge in [0.05, 0.1) is 0 Å². The zero-order chi connectivity index (χ0) is 9.14. The third-order valence-electron chi connectivity index (χ3n) is 1.37. The van der Waals surface area contributed by atoms with Crippen LogP contribution in [0.1, 0.15) is 5.56 Å². The molecule has 0 bridgehead atoms. The Bertz CT molecular complexity index is 276. The van der Waals surface area contributed by atoms with Crippen LogP contribution in [-0.2, 0) is 0 Å². The van der Waals surface area contributed by atoms with Crippen LogP contribution in [0.2, 0.25) is 0 Å². The third-order valence-corrected chi connectivity index (χ3v) is 1.86. The number of hydrogen-bond acceptors (Lipinski definition) is 1. The molecule has 0 spiro atoms. The first-order valence-electron chi connectivity index (χ1n) is 3.30. The van der Waals surface area contributed by atoms with E-state index in [4.69, 9.17) is 0 Å². The molecule has 0 saturated carbocycles. The summed E-state index contributed by atoms with van der Waals surface area (Å²) in [5, 5.41) is 0. The Morgan fingerprint density at radius 3 is 2.67 bits per heavy atom. The van der Waals surface area contributed by atoms with E-state index >= 15 is 0 Å². The molecule has 0 fully saturated rings. The van der Waals surface area contributed by atoms with Crippen LogP contribution in [0.15, 0.2) is 22.7 Å². The van der Waals surface area contributed by atoms with Crippen molar-refractivity contribution in [2.75, 3.05) is 0 Å². The Labute approximate surface area is 77.5 Å². The highest BCUT2D eigenvalue weighted by Gasteiger charge is 2.06. The van der Waals surface area contributed by atoms with Crippen LogP contribution in [0, 0.1) is 6.92 Å². The Hall–Kier alpha value is -0.640.